The molecule has 1 fully saturated rings. The summed E-state index contributed by atoms with van der Waals surface area (Å²) in [7, 11) is -1.68. The highest BCUT2D eigenvalue weighted by Gasteiger charge is 2.55. The van der Waals surface area contributed by atoms with E-state index in [2.05, 4.69) is 30.0 Å². The summed E-state index contributed by atoms with van der Waals surface area (Å²) in [4.78, 5) is 11.2. The standard InChI is InChI=1S/C19H26N4O2S.C2HF3O2/c1-15(2)23-14-16(12-20-23)13-22-10-8-19(9-11-22)17-6-4-5-7-18(17)21(3)26(19,24)25;3-2(4,5)1(6)7/h4-7,12,14-15H,8-11,13H2,1-3H3;(H,6,7). The average Bonchev–Trinajstić information content (AvgIpc) is 3.27. The summed E-state index contributed by atoms with van der Waals surface area (Å²) >= 11 is 0. The molecule has 0 atom stereocenters. The van der Waals surface area contributed by atoms with Crippen LogP contribution in [0.4, 0.5) is 18.9 Å². The Morgan fingerprint density at radius 2 is 1.79 bits per heavy atom. The normalized spacial score (nSPS) is 19.3. The Labute approximate surface area is 190 Å². The highest BCUT2D eigenvalue weighted by molar-refractivity contribution is 7.94. The highest BCUT2D eigenvalue weighted by Crippen LogP contribution is 2.51. The minimum Gasteiger partial charge on any atom is -0.475 e. The molecule has 12 heteroatoms. The lowest BCUT2D eigenvalue weighted by Gasteiger charge is -2.38. The zero-order chi connectivity index (χ0) is 24.6. The van der Waals surface area contributed by atoms with Crippen LogP contribution in [0, 0.1) is 0 Å². The van der Waals surface area contributed by atoms with Crippen LogP contribution in [-0.2, 0) is 26.1 Å². The van der Waals surface area contributed by atoms with E-state index in [1.54, 1.807) is 7.05 Å². The van der Waals surface area contributed by atoms with Crippen molar-refractivity contribution in [3.8, 4) is 0 Å². The number of sulfonamides is 1. The van der Waals surface area contributed by atoms with Crippen LogP contribution < -0.4 is 4.31 Å². The second-order valence-electron chi connectivity index (χ2n) is 8.49. The van der Waals surface area contributed by atoms with Gasteiger partial charge in [0.25, 0.3) is 0 Å². The number of hydrogen-bond donors (Lipinski definition) is 1. The van der Waals surface area contributed by atoms with Gasteiger partial charge in [-0.2, -0.15) is 18.3 Å². The molecule has 182 valence electrons. The molecule has 3 heterocycles. The van der Waals surface area contributed by atoms with Gasteiger partial charge in [-0.1, -0.05) is 18.2 Å². The first-order valence-electron chi connectivity index (χ1n) is 10.4. The summed E-state index contributed by atoms with van der Waals surface area (Å²) in [5.74, 6) is -2.76. The van der Waals surface area contributed by atoms with E-state index in [1.165, 1.54) is 9.87 Å². The number of anilines is 1. The quantitative estimate of drug-likeness (QED) is 0.712. The predicted molar refractivity (Wildman–Crippen MR) is 116 cm³/mol. The maximum absolute atomic E-state index is 13.2. The van der Waals surface area contributed by atoms with Crippen LogP contribution in [-0.4, -0.2) is 60.5 Å². The van der Waals surface area contributed by atoms with E-state index in [4.69, 9.17) is 9.90 Å². The number of alkyl halides is 3. The Morgan fingerprint density at radius 1 is 1.21 bits per heavy atom. The number of para-hydroxylation sites is 1. The lowest BCUT2D eigenvalue weighted by molar-refractivity contribution is -0.192. The van der Waals surface area contributed by atoms with E-state index in [1.807, 2.05) is 35.1 Å². The van der Waals surface area contributed by atoms with Gasteiger partial charge >= 0.3 is 12.1 Å². The van der Waals surface area contributed by atoms with Crippen molar-refractivity contribution in [3.63, 3.8) is 0 Å². The van der Waals surface area contributed by atoms with Crippen molar-refractivity contribution in [2.45, 2.75) is 50.2 Å². The van der Waals surface area contributed by atoms with Crippen molar-refractivity contribution in [2.75, 3.05) is 24.4 Å². The van der Waals surface area contributed by atoms with Crippen LogP contribution in [0.2, 0.25) is 0 Å². The zero-order valence-corrected chi connectivity index (χ0v) is 19.4. The van der Waals surface area contributed by atoms with Gasteiger partial charge in [0, 0.05) is 44.5 Å². The van der Waals surface area contributed by atoms with Crippen molar-refractivity contribution in [3.05, 3.63) is 47.8 Å². The van der Waals surface area contributed by atoms with Gasteiger partial charge in [-0.15, -0.1) is 0 Å². The Hall–Kier alpha value is -2.60. The van der Waals surface area contributed by atoms with Crippen molar-refractivity contribution < 1.29 is 31.5 Å². The van der Waals surface area contributed by atoms with Crippen LogP contribution >= 0.6 is 0 Å². The van der Waals surface area contributed by atoms with Crippen LogP contribution in [0.1, 0.15) is 43.9 Å². The van der Waals surface area contributed by atoms with Gasteiger partial charge in [-0.3, -0.25) is 13.9 Å². The number of hydrogen-bond acceptors (Lipinski definition) is 5. The first kappa shape index (κ1) is 25.0. The van der Waals surface area contributed by atoms with Crippen LogP contribution in [0.5, 0.6) is 0 Å². The van der Waals surface area contributed by atoms with Gasteiger partial charge in [0.05, 0.1) is 11.9 Å². The number of carboxylic acids is 1. The number of benzene rings is 1. The number of aromatic nitrogens is 2. The Balaban J connectivity index is 0.000000383. The van der Waals surface area contributed by atoms with Gasteiger partial charge in [0.2, 0.25) is 10.0 Å². The second kappa shape index (κ2) is 8.98. The highest BCUT2D eigenvalue weighted by atomic mass is 32.2. The third-order valence-corrected chi connectivity index (χ3v) is 8.62. The molecule has 0 unspecified atom stereocenters. The number of aliphatic carboxylic acids is 1. The van der Waals surface area contributed by atoms with Gasteiger partial charge in [-0.05, 0) is 38.3 Å². The molecule has 2 aliphatic rings. The number of carboxylic acid groups (broad SMARTS) is 1. The number of piperidine rings is 1. The summed E-state index contributed by atoms with van der Waals surface area (Å²) in [6, 6.07) is 8.10. The molecular weight excluding hydrogens is 461 g/mol. The van der Waals surface area contributed by atoms with E-state index in [0.29, 0.717) is 18.9 Å². The Morgan fingerprint density at radius 3 is 2.30 bits per heavy atom. The van der Waals surface area contributed by atoms with E-state index in [9.17, 15) is 21.6 Å². The number of nitrogens with zero attached hydrogens (tertiary/aromatic N) is 4. The summed E-state index contributed by atoms with van der Waals surface area (Å²) < 4.78 is 60.7. The number of likely N-dealkylation sites (tertiary alicyclic amines) is 1. The lowest BCUT2D eigenvalue weighted by atomic mass is 9.87. The van der Waals surface area contributed by atoms with Gasteiger partial charge in [0.1, 0.15) is 4.75 Å². The fourth-order valence-electron chi connectivity index (χ4n) is 4.26. The average molecular weight is 489 g/mol. The van der Waals surface area contributed by atoms with Crippen LogP contribution in [0.25, 0.3) is 0 Å². The van der Waals surface area contributed by atoms with E-state index in [0.717, 1.165) is 30.9 Å². The van der Waals surface area contributed by atoms with E-state index in [-0.39, 0.29) is 0 Å². The molecule has 0 radical (unpaired) electrons. The summed E-state index contributed by atoms with van der Waals surface area (Å²) in [6.45, 7) is 6.59. The fourth-order valence-corrected chi connectivity index (χ4v) is 6.35. The monoisotopic (exact) mass is 488 g/mol. The SMILES string of the molecule is CC(C)n1cc(CN2CCC3(CC2)c2ccccc2N(C)S3(=O)=O)cn1.O=C(O)C(F)(F)F. The third kappa shape index (κ3) is 4.72. The Bertz CT molecular complexity index is 1110. The molecule has 0 saturated carbocycles. The van der Waals surface area contributed by atoms with Crippen molar-refractivity contribution in [1.82, 2.24) is 14.7 Å². The molecule has 4 rings (SSSR count). The summed E-state index contributed by atoms with van der Waals surface area (Å²) in [6.07, 6.45) is 0.189. The van der Waals surface area contributed by atoms with E-state index < -0.39 is 26.9 Å². The summed E-state index contributed by atoms with van der Waals surface area (Å²) in [5, 5.41) is 11.5. The number of carbonyl (C=O) groups is 1. The molecule has 1 aromatic heterocycles. The fraction of sp³-hybridized carbons (Fsp3) is 0.524. The van der Waals surface area contributed by atoms with E-state index >= 15 is 0 Å². The first-order valence-corrected chi connectivity index (χ1v) is 11.9. The molecule has 1 saturated heterocycles. The van der Waals surface area contributed by atoms with Gasteiger partial charge < -0.3 is 5.11 Å². The second-order valence-corrected chi connectivity index (χ2v) is 10.8. The zero-order valence-electron chi connectivity index (χ0n) is 18.6. The molecule has 0 aliphatic carbocycles. The van der Waals surface area contributed by atoms with Crippen molar-refractivity contribution in [1.29, 1.82) is 0 Å². The molecule has 8 nitrogen and oxygen atoms in total. The Kier molecular flexibility index (Phi) is 6.81. The molecule has 1 N–H and O–H groups in total. The van der Waals surface area contributed by atoms with Gasteiger partial charge in [0.15, 0.2) is 0 Å². The van der Waals surface area contributed by atoms with Gasteiger partial charge in [-0.25, -0.2) is 13.2 Å². The summed E-state index contributed by atoms with van der Waals surface area (Å²) in [5.41, 5.74) is 2.98. The van der Waals surface area contributed by atoms with Crippen molar-refractivity contribution in [2.24, 2.45) is 0 Å². The molecule has 2 aromatic rings. The number of halogens is 3. The number of rotatable bonds is 3. The topological polar surface area (TPSA) is 95.7 Å². The molecule has 1 aromatic carbocycles. The minimum absolute atomic E-state index is 0.351. The smallest absolute Gasteiger partial charge is 0.475 e. The predicted octanol–water partition coefficient (Wildman–Crippen LogP) is 3.37. The molecular formula is C21H27F3N4O4S. The van der Waals surface area contributed by atoms with Crippen LogP contribution in [0.3, 0.4) is 0 Å². The first-order chi connectivity index (χ1) is 15.3. The molecule has 2 aliphatic heterocycles. The molecule has 33 heavy (non-hydrogen) atoms. The molecule has 0 bridgehead atoms. The number of fused-ring (bicyclic) bond motifs is 2. The maximum Gasteiger partial charge on any atom is 0.490 e. The minimum atomic E-state index is -5.08. The third-order valence-electron chi connectivity index (χ3n) is 6.08. The lowest BCUT2D eigenvalue weighted by Crippen LogP contribution is -2.47. The maximum atomic E-state index is 13.2. The molecule has 1 spiro atoms. The van der Waals surface area contributed by atoms with Crippen molar-refractivity contribution >= 4 is 21.7 Å². The largest absolute Gasteiger partial charge is 0.490 e. The molecule has 0 amide bonds. The van der Waals surface area contributed by atoms with Crippen LogP contribution in [0.15, 0.2) is 36.7 Å².